The molecule has 1 atom stereocenters. The third kappa shape index (κ3) is 3.26. The molecular formula is C10H15O3P. The standard InChI is InChI=1S/C10H15O3P/c1-2-3-9-13-14(11,12)10-7-5-4-6-8-10/h4-8H,2-3,9H2,1H3,(H,11,12). The summed E-state index contributed by atoms with van der Waals surface area (Å²) in [6.07, 6.45) is 1.76. The number of rotatable bonds is 5. The monoisotopic (exact) mass is 214 g/mol. The van der Waals surface area contributed by atoms with Crippen LogP contribution in [0.2, 0.25) is 0 Å². The first-order chi connectivity index (χ1) is 6.67. The summed E-state index contributed by atoms with van der Waals surface area (Å²) in [6.45, 7) is 2.34. The Bertz CT molecular complexity index is 310. The van der Waals surface area contributed by atoms with Crippen molar-refractivity contribution in [3.05, 3.63) is 30.3 Å². The van der Waals surface area contributed by atoms with Gasteiger partial charge in [-0.1, -0.05) is 31.5 Å². The van der Waals surface area contributed by atoms with Crippen molar-refractivity contribution >= 4 is 12.9 Å². The summed E-state index contributed by atoms with van der Waals surface area (Å²) in [5.41, 5.74) is 0. The zero-order valence-corrected chi connectivity index (χ0v) is 9.11. The number of hydrogen-bond donors (Lipinski definition) is 1. The average Bonchev–Trinajstić information content (AvgIpc) is 2.19. The Kier molecular flexibility index (Phi) is 4.33. The van der Waals surface area contributed by atoms with Crippen LogP contribution in [0.4, 0.5) is 0 Å². The number of benzene rings is 1. The minimum Gasteiger partial charge on any atom is -0.321 e. The third-order valence-corrected chi connectivity index (χ3v) is 3.33. The van der Waals surface area contributed by atoms with Crippen molar-refractivity contribution in [3.8, 4) is 0 Å². The zero-order chi connectivity index (χ0) is 10.4. The Morgan fingerprint density at radius 2 is 2.00 bits per heavy atom. The van der Waals surface area contributed by atoms with Crippen LogP contribution >= 0.6 is 7.60 Å². The predicted octanol–water partition coefficient (Wildman–Crippen LogP) is 2.31. The summed E-state index contributed by atoms with van der Waals surface area (Å²) >= 11 is 0. The van der Waals surface area contributed by atoms with Crippen molar-refractivity contribution in [1.82, 2.24) is 0 Å². The number of hydrogen-bond acceptors (Lipinski definition) is 2. The predicted molar refractivity (Wildman–Crippen MR) is 56.8 cm³/mol. The van der Waals surface area contributed by atoms with Gasteiger partial charge in [0.05, 0.1) is 11.9 Å². The van der Waals surface area contributed by atoms with Crippen LogP contribution in [0.3, 0.4) is 0 Å². The van der Waals surface area contributed by atoms with Gasteiger partial charge >= 0.3 is 7.60 Å². The second-order valence-corrected chi connectivity index (χ2v) is 4.86. The zero-order valence-electron chi connectivity index (χ0n) is 8.22. The Morgan fingerprint density at radius 3 is 2.57 bits per heavy atom. The Hall–Kier alpha value is -0.630. The molecule has 0 aliphatic heterocycles. The Balaban J connectivity index is 2.62. The third-order valence-electron chi connectivity index (χ3n) is 1.85. The van der Waals surface area contributed by atoms with Crippen molar-refractivity contribution in [3.63, 3.8) is 0 Å². The van der Waals surface area contributed by atoms with Crippen LogP contribution in [-0.2, 0) is 9.09 Å². The van der Waals surface area contributed by atoms with E-state index in [9.17, 15) is 9.46 Å². The van der Waals surface area contributed by atoms with Crippen LogP contribution in [0.1, 0.15) is 19.8 Å². The largest absolute Gasteiger partial charge is 0.358 e. The van der Waals surface area contributed by atoms with Crippen LogP contribution in [0.25, 0.3) is 0 Å². The van der Waals surface area contributed by atoms with Gasteiger partial charge in [0.1, 0.15) is 0 Å². The van der Waals surface area contributed by atoms with E-state index < -0.39 is 7.60 Å². The summed E-state index contributed by atoms with van der Waals surface area (Å²) in [4.78, 5) is 9.55. The van der Waals surface area contributed by atoms with Gasteiger partial charge < -0.3 is 9.42 Å². The average molecular weight is 214 g/mol. The Morgan fingerprint density at radius 1 is 1.36 bits per heavy atom. The molecule has 0 bridgehead atoms. The highest BCUT2D eigenvalue weighted by atomic mass is 31.2. The molecule has 1 unspecified atom stereocenters. The van der Waals surface area contributed by atoms with E-state index in [1.54, 1.807) is 30.3 Å². The maximum absolute atomic E-state index is 11.6. The molecular weight excluding hydrogens is 199 g/mol. The van der Waals surface area contributed by atoms with E-state index in [4.69, 9.17) is 4.52 Å². The highest BCUT2D eigenvalue weighted by molar-refractivity contribution is 7.61. The van der Waals surface area contributed by atoms with Gasteiger partial charge in [0.15, 0.2) is 0 Å². The fourth-order valence-corrected chi connectivity index (χ4v) is 2.10. The van der Waals surface area contributed by atoms with Gasteiger partial charge in [-0.05, 0) is 18.6 Å². The molecule has 0 heterocycles. The van der Waals surface area contributed by atoms with Gasteiger partial charge in [-0.2, -0.15) is 0 Å². The van der Waals surface area contributed by atoms with Crippen LogP contribution in [0.5, 0.6) is 0 Å². The second-order valence-electron chi connectivity index (χ2n) is 3.04. The normalized spacial score (nSPS) is 15.0. The van der Waals surface area contributed by atoms with Crippen molar-refractivity contribution in [1.29, 1.82) is 0 Å². The SMILES string of the molecule is CCCCOP(=O)(O)c1ccccc1. The summed E-state index contributed by atoms with van der Waals surface area (Å²) < 4.78 is 16.6. The minimum atomic E-state index is -3.57. The van der Waals surface area contributed by atoms with E-state index in [1.807, 2.05) is 6.92 Å². The molecule has 3 nitrogen and oxygen atoms in total. The van der Waals surface area contributed by atoms with Gasteiger partial charge in [0, 0.05) is 0 Å². The number of unbranched alkanes of at least 4 members (excludes halogenated alkanes) is 1. The maximum atomic E-state index is 11.6. The summed E-state index contributed by atoms with van der Waals surface area (Å²) in [5, 5.41) is 0.358. The molecule has 1 aromatic carbocycles. The molecule has 0 saturated carbocycles. The van der Waals surface area contributed by atoms with Crippen molar-refractivity contribution in [2.45, 2.75) is 19.8 Å². The lowest BCUT2D eigenvalue weighted by Crippen LogP contribution is -2.06. The van der Waals surface area contributed by atoms with Gasteiger partial charge in [-0.3, -0.25) is 4.57 Å². The van der Waals surface area contributed by atoms with Crippen LogP contribution in [-0.4, -0.2) is 11.5 Å². The molecule has 1 N–H and O–H groups in total. The summed E-state index contributed by atoms with van der Waals surface area (Å²) in [7, 11) is -3.57. The lowest BCUT2D eigenvalue weighted by molar-refractivity contribution is 0.264. The maximum Gasteiger partial charge on any atom is 0.358 e. The van der Waals surface area contributed by atoms with E-state index in [1.165, 1.54) is 0 Å². The Labute approximate surface area is 84.3 Å². The molecule has 0 spiro atoms. The summed E-state index contributed by atoms with van der Waals surface area (Å²) in [6, 6.07) is 8.46. The van der Waals surface area contributed by atoms with E-state index >= 15 is 0 Å². The molecule has 0 aromatic heterocycles. The second kappa shape index (κ2) is 5.30. The molecule has 0 radical (unpaired) electrons. The highest BCUT2D eigenvalue weighted by Crippen LogP contribution is 2.40. The van der Waals surface area contributed by atoms with Crippen LogP contribution < -0.4 is 5.30 Å². The first-order valence-corrected chi connectivity index (χ1v) is 6.27. The first-order valence-electron chi connectivity index (χ1n) is 4.70. The first kappa shape index (κ1) is 11.4. The topological polar surface area (TPSA) is 46.5 Å². The molecule has 0 saturated heterocycles. The van der Waals surface area contributed by atoms with Gasteiger partial charge in [-0.15, -0.1) is 0 Å². The van der Waals surface area contributed by atoms with E-state index in [-0.39, 0.29) is 0 Å². The molecule has 1 aromatic rings. The molecule has 0 amide bonds. The molecule has 4 heteroatoms. The molecule has 0 aliphatic rings. The van der Waals surface area contributed by atoms with E-state index in [0.717, 1.165) is 12.8 Å². The van der Waals surface area contributed by atoms with Crippen molar-refractivity contribution in [2.24, 2.45) is 0 Å². The van der Waals surface area contributed by atoms with Crippen LogP contribution in [0, 0.1) is 0 Å². The quantitative estimate of drug-likeness (QED) is 0.604. The van der Waals surface area contributed by atoms with Crippen LogP contribution in [0.15, 0.2) is 30.3 Å². The lowest BCUT2D eigenvalue weighted by Gasteiger charge is -2.11. The van der Waals surface area contributed by atoms with E-state index in [0.29, 0.717) is 11.9 Å². The van der Waals surface area contributed by atoms with Gasteiger partial charge in [0.25, 0.3) is 0 Å². The molecule has 1 rings (SSSR count). The fourth-order valence-electron chi connectivity index (χ4n) is 1.02. The molecule has 0 aliphatic carbocycles. The molecule has 78 valence electrons. The van der Waals surface area contributed by atoms with Crippen molar-refractivity contribution in [2.75, 3.05) is 6.61 Å². The smallest absolute Gasteiger partial charge is 0.321 e. The summed E-state index contributed by atoms with van der Waals surface area (Å²) in [5.74, 6) is 0. The van der Waals surface area contributed by atoms with Crippen molar-refractivity contribution < 1.29 is 14.0 Å². The molecule has 0 fully saturated rings. The highest BCUT2D eigenvalue weighted by Gasteiger charge is 2.21. The van der Waals surface area contributed by atoms with Gasteiger partial charge in [0.2, 0.25) is 0 Å². The van der Waals surface area contributed by atoms with Gasteiger partial charge in [-0.25, -0.2) is 0 Å². The fraction of sp³-hybridized carbons (Fsp3) is 0.400. The minimum absolute atomic E-state index is 0.333. The lowest BCUT2D eigenvalue weighted by atomic mass is 10.4. The molecule has 14 heavy (non-hydrogen) atoms. The van der Waals surface area contributed by atoms with E-state index in [2.05, 4.69) is 0 Å².